The summed E-state index contributed by atoms with van der Waals surface area (Å²) >= 11 is 2.32. The van der Waals surface area contributed by atoms with Crippen molar-refractivity contribution in [2.45, 2.75) is 25.7 Å². The van der Waals surface area contributed by atoms with E-state index in [2.05, 4.69) is 46.2 Å². The Morgan fingerprint density at radius 1 is 1.24 bits per heavy atom. The van der Waals surface area contributed by atoms with Gasteiger partial charge in [-0.25, -0.2) is 0 Å². The molecule has 3 N–H and O–H groups in total. The third kappa shape index (κ3) is 1.89. The van der Waals surface area contributed by atoms with E-state index in [0.29, 0.717) is 0 Å². The number of rotatable bonds is 1. The summed E-state index contributed by atoms with van der Waals surface area (Å²) in [5, 5.41) is 1.14. The molecule has 0 spiro atoms. The fraction of sp³-hybridized carbons (Fsp3) is 0.308. The summed E-state index contributed by atoms with van der Waals surface area (Å²) in [5.74, 6) is 5.71. The van der Waals surface area contributed by atoms with Gasteiger partial charge in [0.05, 0.1) is 11.2 Å². The normalized spacial score (nSPS) is 14.7. The van der Waals surface area contributed by atoms with Gasteiger partial charge in [-0.3, -0.25) is 10.8 Å². The number of aryl methyl sites for hydroxylation is 1. The number of hydrogen-bond acceptors (Lipinski definition) is 3. The molecule has 0 saturated carbocycles. The number of halogens is 1. The summed E-state index contributed by atoms with van der Waals surface area (Å²) < 4.78 is 1.21. The SMILES string of the molecule is NNc1c2c(nc3ccc(I)cc13)CCCC2. The molecule has 1 aliphatic carbocycles. The number of nitrogens with two attached hydrogens (primary N) is 1. The number of hydrazine groups is 1. The maximum absolute atomic E-state index is 5.71. The minimum absolute atomic E-state index is 1.04. The van der Waals surface area contributed by atoms with E-state index in [1.807, 2.05) is 0 Å². The second-order valence-electron chi connectivity index (χ2n) is 4.42. The Morgan fingerprint density at radius 3 is 2.88 bits per heavy atom. The number of benzene rings is 1. The van der Waals surface area contributed by atoms with E-state index < -0.39 is 0 Å². The molecule has 2 aromatic rings. The summed E-state index contributed by atoms with van der Waals surface area (Å²) in [6.07, 6.45) is 4.63. The summed E-state index contributed by atoms with van der Waals surface area (Å²) in [4.78, 5) is 4.77. The minimum atomic E-state index is 1.04. The lowest BCUT2D eigenvalue weighted by molar-refractivity contribution is 0.672. The Hall–Kier alpha value is -0.880. The van der Waals surface area contributed by atoms with Crippen LogP contribution in [0.3, 0.4) is 0 Å². The van der Waals surface area contributed by atoms with E-state index in [1.165, 1.54) is 27.7 Å². The van der Waals surface area contributed by atoms with Gasteiger partial charge in [0, 0.05) is 14.7 Å². The van der Waals surface area contributed by atoms with Crippen molar-refractivity contribution in [2.75, 3.05) is 5.43 Å². The smallest absolute Gasteiger partial charge is 0.0727 e. The van der Waals surface area contributed by atoms with Crippen LogP contribution in [0.5, 0.6) is 0 Å². The summed E-state index contributed by atoms with van der Waals surface area (Å²) in [5.41, 5.74) is 7.53. The van der Waals surface area contributed by atoms with Gasteiger partial charge in [-0.05, 0) is 72.0 Å². The Morgan fingerprint density at radius 2 is 2.06 bits per heavy atom. The van der Waals surface area contributed by atoms with Gasteiger partial charge in [0.1, 0.15) is 0 Å². The van der Waals surface area contributed by atoms with Crippen LogP contribution < -0.4 is 11.3 Å². The van der Waals surface area contributed by atoms with Gasteiger partial charge >= 0.3 is 0 Å². The van der Waals surface area contributed by atoms with Gasteiger partial charge in [0.25, 0.3) is 0 Å². The van der Waals surface area contributed by atoms with Crippen molar-refractivity contribution in [2.24, 2.45) is 5.84 Å². The molecule has 3 nitrogen and oxygen atoms in total. The first-order valence-corrected chi connectivity index (χ1v) is 6.95. The second kappa shape index (κ2) is 4.42. The van der Waals surface area contributed by atoms with E-state index in [-0.39, 0.29) is 0 Å². The average molecular weight is 339 g/mol. The van der Waals surface area contributed by atoms with Crippen molar-refractivity contribution in [1.82, 2.24) is 4.98 Å². The Balaban J connectivity index is 2.35. The average Bonchev–Trinajstić information content (AvgIpc) is 2.36. The van der Waals surface area contributed by atoms with Gasteiger partial charge in [-0.15, -0.1) is 0 Å². The topological polar surface area (TPSA) is 50.9 Å². The van der Waals surface area contributed by atoms with Crippen LogP contribution in [-0.4, -0.2) is 4.98 Å². The maximum Gasteiger partial charge on any atom is 0.0727 e. The fourth-order valence-corrected chi connectivity index (χ4v) is 3.05. The number of nitrogens with zero attached hydrogens (tertiary/aromatic N) is 1. The number of nitrogen functional groups attached to an aromatic ring is 1. The van der Waals surface area contributed by atoms with Crippen LogP contribution in [0.2, 0.25) is 0 Å². The Kier molecular flexibility index (Phi) is 2.92. The van der Waals surface area contributed by atoms with E-state index in [1.54, 1.807) is 0 Å². The molecule has 1 aromatic heterocycles. The van der Waals surface area contributed by atoms with Crippen LogP contribution >= 0.6 is 22.6 Å². The lowest BCUT2D eigenvalue weighted by atomic mass is 9.93. The first kappa shape index (κ1) is 11.2. The largest absolute Gasteiger partial charge is 0.323 e. The standard InChI is InChI=1S/C13H14IN3/c14-8-5-6-12-10(7-8)13(17-15)9-3-1-2-4-11(9)16-12/h5-7H,1-4,15H2,(H,16,17). The minimum Gasteiger partial charge on any atom is -0.323 e. The molecule has 3 rings (SSSR count). The third-order valence-corrected chi connectivity index (χ3v) is 4.04. The lowest BCUT2D eigenvalue weighted by Crippen LogP contribution is -2.15. The maximum atomic E-state index is 5.71. The molecule has 17 heavy (non-hydrogen) atoms. The molecule has 0 unspecified atom stereocenters. The molecule has 1 aliphatic rings. The predicted octanol–water partition coefficient (Wildman–Crippen LogP) is 3.00. The molecule has 0 amide bonds. The summed E-state index contributed by atoms with van der Waals surface area (Å²) in [7, 11) is 0. The van der Waals surface area contributed by atoms with Crippen molar-refractivity contribution >= 4 is 39.2 Å². The van der Waals surface area contributed by atoms with Gasteiger partial charge < -0.3 is 5.43 Å². The Labute approximate surface area is 114 Å². The molecule has 88 valence electrons. The van der Waals surface area contributed by atoms with Gasteiger partial charge in [-0.2, -0.15) is 0 Å². The van der Waals surface area contributed by atoms with Crippen LogP contribution in [-0.2, 0) is 12.8 Å². The first-order chi connectivity index (χ1) is 8.29. The zero-order chi connectivity index (χ0) is 11.8. The Bertz CT molecular complexity index is 580. The molecule has 1 heterocycles. The van der Waals surface area contributed by atoms with Crippen LogP contribution in [0.15, 0.2) is 18.2 Å². The highest BCUT2D eigenvalue weighted by Gasteiger charge is 2.17. The molecule has 0 aliphatic heterocycles. The van der Waals surface area contributed by atoms with Gasteiger partial charge in [0.15, 0.2) is 0 Å². The van der Waals surface area contributed by atoms with E-state index in [9.17, 15) is 0 Å². The van der Waals surface area contributed by atoms with Crippen LogP contribution in [0, 0.1) is 3.57 Å². The molecule has 0 atom stereocenters. The summed E-state index contributed by atoms with van der Waals surface area (Å²) in [6, 6.07) is 6.31. The van der Waals surface area contributed by atoms with Crippen LogP contribution in [0.1, 0.15) is 24.1 Å². The molecule has 0 fully saturated rings. The van der Waals surface area contributed by atoms with Crippen molar-refractivity contribution in [3.8, 4) is 0 Å². The number of aromatic nitrogens is 1. The van der Waals surface area contributed by atoms with Crippen molar-refractivity contribution < 1.29 is 0 Å². The molecule has 0 radical (unpaired) electrons. The zero-order valence-corrected chi connectivity index (χ0v) is 11.6. The molecular formula is C13H14IN3. The number of pyridine rings is 1. The van der Waals surface area contributed by atoms with Crippen molar-refractivity contribution in [3.05, 3.63) is 33.0 Å². The van der Waals surface area contributed by atoms with E-state index in [4.69, 9.17) is 10.8 Å². The molecule has 1 aromatic carbocycles. The highest BCUT2D eigenvalue weighted by atomic mass is 127. The number of hydrogen-bond donors (Lipinski definition) is 2. The van der Waals surface area contributed by atoms with Crippen molar-refractivity contribution in [1.29, 1.82) is 0 Å². The molecule has 0 bridgehead atoms. The zero-order valence-electron chi connectivity index (χ0n) is 9.46. The van der Waals surface area contributed by atoms with Gasteiger partial charge in [0.2, 0.25) is 0 Å². The van der Waals surface area contributed by atoms with E-state index >= 15 is 0 Å². The quantitative estimate of drug-likeness (QED) is 0.477. The number of fused-ring (bicyclic) bond motifs is 2. The number of nitrogens with one attached hydrogen (secondary N) is 1. The van der Waals surface area contributed by atoms with Crippen LogP contribution in [0.25, 0.3) is 10.9 Å². The molecule has 0 saturated heterocycles. The fourth-order valence-electron chi connectivity index (χ4n) is 2.56. The summed E-state index contributed by atoms with van der Waals surface area (Å²) in [6.45, 7) is 0. The van der Waals surface area contributed by atoms with Crippen LogP contribution in [0.4, 0.5) is 5.69 Å². The highest BCUT2D eigenvalue weighted by molar-refractivity contribution is 14.1. The highest BCUT2D eigenvalue weighted by Crippen LogP contribution is 2.33. The third-order valence-electron chi connectivity index (χ3n) is 3.37. The lowest BCUT2D eigenvalue weighted by Gasteiger charge is -2.20. The predicted molar refractivity (Wildman–Crippen MR) is 78.9 cm³/mol. The van der Waals surface area contributed by atoms with E-state index in [0.717, 1.165) is 29.4 Å². The first-order valence-electron chi connectivity index (χ1n) is 5.87. The van der Waals surface area contributed by atoms with Crippen molar-refractivity contribution in [3.63, 3.8) is 0 Å². The monoisotopic (exact) mass is 339 g/mol. The second-order valence-corrected chi connectivity index (χ2v) is 5.67. The number of anilines is 1. The van der Waals surface area contributed by atoms with Gasteiger partial charge in [-0.1, -0.05) is 0 Å². The molecular weight excluding hydrogens is 325 g/mol. The molecule has 4 heteroatoms.